The van der Waals surface area contributed by atoms with E-state index in [0.29, 0.717) is 6.42 Å². The molecule has 20 heavy (non-hydrogen) atoms. The number of carbonyl (C=O) groups excluding carboxylic acids is 1. The van der Waals surface area contributed by atoms with Crippen LogP contribution in [-0.2, 0) is 9.53 Å². The van der Waals surface area contributed by atoms with Gasteiger partial charge >= 0.3 is 5.97 Å². The Hall–Kier alpha value is -1.55. The van der Waals surface area contributed by atoms with Crippen LogP contribution in [0.1, 0.15) is 30.4 Å². The van der Waals surface area contributed by atoms with Crippen molar-refractivity contribution >= 4 is 5.97 Å². The SMILES string of the molecule is CNC1(C(=O)OC)CCC(Oc2cc(C)cc(C)c2)C1. The summed E-state index contributed by atoms with van der Waals surface area (Å²) >= 11 is 0. The lowest BCUT2D eigenvalue weighted by atomic mass is 9.98. The van der Waals surface area contributed by atoms with Crippen molar-refractivity contribution in [3.63, 3.8) is 0 Å². The molecule has 0 bridgehead atoms. The van der Waals surface area contributed by atoms with Crippen LogP contribution in [0.25, 0.3) is 0 Å². The molecule has 1 fully saturated rings. The van der Waals surface area contributed by atoms with Crippen molar-refractivity contribution < 1.29 is 14.3 Å². The number of likely N-dealkylation sites (N-methyl/N-ethyl adjacent to an activating group) is 1. The largest absolute Gasteiger partial charge is 0.490 e. The van der Waals surface area contributed by atoms with E-state index in [0.717, 1.165) is 18.6 Å². The van der Waals surface area contributed by atoms with Crippen LogP contribution in [0, 0.1) is 13.8 Å². The molecule has 1 aromatic rings. The molecule has 2 unspecified atom stereocenters. The summed E-state index contributed by atoms with van der Waals surface area (Å²) in [5.41, 5.74) is 1.77. The monoisotopic (exact) mass is 277 g/mol. The first kappa shape index (κ1) is 14.9. The van der Waals surface area contributed by atoms with Crippen LogP contribution in [0.15, 0.2) is 18.2 Å². The number of hydrogen-bond donors (Lipinski definition) is 1. The van der Waals surface area contributed by atoms with Crippen LogP contribution in [0.3, 0.4) is 0 Å². The normalized spacial score (nSPS) is 25.5. The maximum Gasteiger partial charge on any atom is 0.326 e. The summed E-state index contributed by atoms with van der Waals surface area (Å²) in [6.07, 6.45) is 2.28. The molecular weight excluding hydrogens is 254 g/mol. The molecule has 0 aliphatic heterocycles. The second-order valence-corrected chi connectivity index (χ2v) is 5.63. The maximum atomic E-state index is 11.9. The van der Waals surface area contributed by atoms with Crippen molar-refractivity contribution in [2.45, 2.75) is 44.8 Å². The van der Waals surface area contributed by atoms with Crippen LogP contribution in [0.2, 0.25) is 0 Å². The molecule has 4 nitrogen and oxygen atoms in total. The highest BCUT2D eigenvalue weighted by atomic mass is 16.5. The third-order valence-corrected chi connectivity index (χ3v) is 4.02. The van der Waals surface area contributed by atoms with Gasteiger partial charge in [0.1, 0.15) is 17.4 Å². The van der Waals surface area contributed by atoms with Crippen molar-refractivity contribution in [1.29, 1.82) is 0 Å². The third-order valence-electron chi connectivity index (χ3n) is 4.02. The summed E-state index contributed by atoms with van der Waals surface area (Å²) in [7, 11) is 3.23. The second kappa shape index (κ2) is 5.83. The molecule has 2 rings (SSSR count). The molecule has 1 aliphatic carbocycles. The van der Waals surface area contributed by atoms with Gasteiger partial charge in [-0.2, -0.15) is 0 Å². The first-order valence-corrected chi connectivity index (χ1v) is 7.01. The predicted molar refractivity (Wildman–Crippen MR) is 78.0 cm³/mol. The molecule has 1 saturated carbocycles. The molecular formula is C16H23NO3. The highest BCUT2D eigenvalue weighted by molar-refractivity contribution is 5.81. The topological polar surface area (TPSA) is 47.6 Å². The number of nitrogens with one attached hydrogen (secondary N) is 1. The molecule has 1 N–H and O–H groups in total. The summed E-state index contributed by atoms with van der Waals surface area (Å²) < 4.78 is 10.9. The Morgan fingerprint density at radius 1 is 1.30 bits per heavy atom. The zero-order chi connectivity index (χ0) is 14.8. The third kappa shape index (κ3) is 2.96. The molecule has 4 heteroatoms. The van der Waals surface area contributed by atoms with Gasteiger partial charge in [-0.25, -0.2) is 0 Å². The Bertz CT molecular complexity index is 480. The molecule has 1 aliphatic rings. The minimum Gasteiger partial charge on any atom is -0.490 e. The van der Waals surface area contributed by atoms with Gasteiger partial charge in [0.15, 0.2) is 0 Å². The molecule has 2 atom stereocenters. The molecule has 0 heterocycles. The number of methoxy groups -OCH3 is 1. The van der Waals surface area contributed by atoms with E-state index in [2.05, 4.69) is 25.2 Å². The van der Waals surface area contributed by atoms with E-state index >= 15 is 0 Å². The van der Waals surface area contributed by atoms with Gasteiger partial charge in [0, 0.05) is 6.42 Å². The fourth-order valence-corrected chi connectivity index (χ4v) is 3.00. The van der Waals surface area contributed by atoms with E-state index in [1.54, 1.807) is 7.05 Å². The fourth-order valence-electron chi connectivity index (χ4n) is 3.00. The van der Waals surface area contributed by atoms with Gasteiger partial charge in [-0.05, 0) is 57.0 Å². The van der Waals surface area contributed by atoms with Crippen LogP contribution in [0.4, 0.5) is 0 Å². The number of carbonyl (C=O) groups is 1. The zero-order valence-electron chi connectivity index (χ0n) is 12.7. The molecule has 0 spiro atoms. The zero-order valence-corrected chi connectivity index (χ0v) is 12.7. The van der Waals surface area contributed by atoms with E-state index in [4.69, 9.17) is 9.47 Å². The van der Waals surface area contributed by atoms with Crippen molar-refractivity contribution in [3.05, 3.63) is 29.3 Å². The van der Waals surface area contributed by atoms with Crippen molar-refractivity contribution in [1.82, 2.24) is 5.32 Å². The number of esters is 1. The number of benzene rings is 1. The Balaban J connectivity index is 2.07. The predicted octanol–water partition coefficient (Wildman–Crippen LogP) is 2.37. The van der Waals surface area contributed by atoms with E-state index in [9.17, 15) is 4.79 Å². The van der Waals surface area contributed by atoms with Crippen LogP contribution in [-0.4, -0.2) is 31.8 Å². The second-order valence-electron chi connectivity index (χ2n) is 5.63. The Morgan fingerprint density at radius 2 is 1.95 bits per heavy atom. The van der Waals surface area contributed by atoms with Gasteiger partial charge in [0.2, 0.25) is 0 Å². The molecule has 0 radical (unpaired) electrons. The number of aryl methyl sites for hydroxylation is 2. The van der Waals surface area contributed by atoms with Gasteiger partial charge in [0.25, 0.3) is 0 Å². The molecule has 0 saturated heterocycles. The summed E-state index contributed by atoms with van der Waals surface area (Å²) in [5.74, 6) is 0.677. The summed E-state index contributed by atoms with van der Waals surface area (Å²) in [6.45, 7) is 4.11. The van der Waals surface area contributed by atoms with Crippen molar-refractivity contribution in [2.75, 3.05) is 14.2 Å². The first-order valence-electron chi connectivity index (χ1n) is 7.01. The van der Waals surface area contributed by atoms with Gasteiger partial charge in [-0.3, -0.25) is 4.79 Å². The van der Waals surface area contributed by atoms with Crippen LogP contribution in [0.5, 0.6) is 5.75 Å². The molecule has 110 valence electrons. The average Bonchev–Trinajstić information content (AvgIpc) is 2.81. The minimum atomic E-state index is -0.599. The quantitative estimate of drug-likeness (QED) is 0.858. The van der Waals surface area contributed by atoms with Gasteiger partial charge in [-0.1, -0.05) is 6.07 Å². The van der Waals surface area contributed by atoms with Crippen LogP contribution >= 0.6 is 0 Å². The average molecular weight is 277 g/mol. The Morgan fingerprint density at radius 3 is 2.50 bits per heavy atom. The van der Waals surface area contributed by atoms with E-state index in [-0.39, 0.29) is 12.1 Å². The number of rotatable bonds is 4. The molecule has 0 amide bonds. The van der Waals surface area contributed by atoms with E-state index < -0.39 is 5.54 Å². The lowest BCUT2D eigenvalue weighted by molar-refractivity contribution is -0.148. The van der Waals surface area contributed by atoms with Crippen molar-refractivity contribution in [2.24, 2.45) is 0 Å². The molecule has 1 aromatic carbocycles. The molecule has 0 aromatic heterocycles. The number of ether oxygens (including phenoxy) is 2. The lowest BCUT2D eigenvalue weighted by Gasteiger charge is -2.25. The van der Waals surface area contributed by atoms with Gasteiger partial charge in [-0.15, -0.1) is 0 Å². The summed E-state index contributed by atoms with van der Waals surface area (Å²) in [5, 5.41) is 3.11. The standard InChI is InChI=1S/C16H23NO3/c1-11-7-12(2)9-14(8-11)20-13-5-6-16(10-13,17-3)15(18)19-4/h7-9,13,17H,5-6,10H2,1-4H3. The highest BCUT2D eigenvalue weighted by Gasteiger charge is 2.46. The van der Waals surface area contributed by atoms with Crippen LogP contribution < -0.4 is 10.1 Å². The lowest BCUT2D eigenvalue weighted by Crippen LogP contribution is -2.49. The van der Waals surface area contributed by atoms with Gasteiger partial charge in [0.05, 0.1) is 7.11 Å². The summed E-state index contributed by atoms with van der Waals surface area (Å²) in [4.78, 5) is 11.9. The minimum absolute atomic E-state index is 0.0442. The van der Waals surface area contributed by atoms with E-state index in [1.165, 1.54) is 18.2 Å². The van der Waals surface area contributed by atoms with Crippen molar-refractivity contribution in [3.8, 4) is 5.75 Å². The Labute approximate surface area is 120 Å². The Kier molecular flexibility index (Phi) is 4.33. The number of hydrogen-bond acceptors (Lipinski definition) is 4. The smallest absolute Gasteiger partial charge is 0.326 e. The van der Waals surface area contributed by atoms with Gasteiger partial charge < -0.3 is 14.8 Å². The fraction of sp³-hybridized carbons (Fsp3) is 0.562. The maximum absolute atomic E-state index is 11.9. The summed E-state index contributed by atoms with van der Waals surface area (Å²) in [6, 6.07) is 6.18. The van der Waals surface area contributed by atoms with E-state index in [1.807, 2.05) is 12.1 Å². The first-order chi connectivity index (χ1) is 9.49. The highest BCUT2D eigenvalue weighted by Crippen LogP contribution is 2.34.